The number of methoxy groups -OCH3 is 1. The van der Waals surface area contributed by atoms with E-state index >= 15 is 0 Å². The fourth-order valence-corrected chi connectivity index (χ4v) is 2.75. The molecule has 0 radical (unpaired) electrons. The van der Waals surface area contributed by atoms with Gasteiger partial charge < -0.3 is 9.47 Å². The minimum atomic E-state index is -0.573. The maximum absolute atomic E-state index is 11.9. The zero-order chi connectivity index (χ0) is 16.1. The molecule has 22 heavy (non-hydrogen) atoms. The molecular weight excluding hydrogens is 348 g/mol. The summed E-state index contributed by atoms with van der Waals surface area (Å²) in [5, 5.41) is 0. The summed E-state index contributed by atoms with van der Waals surface area (Å²) in [6.45, 7) is 1.77. The number of esters is 1. The van der Waals surface area contributed by atoms with Gasteiger partial charge in [-0.05, 0) is 40.5 Å². The minimum absolute atomic E-state index is 0.187. The Morgan fingerprint density at radius 1 is 1.14 bits per heavy atom. The van der Waals surface area contributed by atoms with Crippen LogP contribution in [0.3, 0.4) is 0 Å². The number of carbonyl (C=O) groups is 2. The van der Waals surface area contributed by atoms with Crippen molar-refractivity contribution in [2.45, 2.75) is 13.5 Å². The van der Waals surface area contributed by atoms with Crippen molar-refractivity contribution in [1.29, 1.82) is 0 Å². The molecule has 0 N–H and O–H groups in total. The summed E-state index contributed by atoms with van der Waals surface area (Å²) in [6.07, 6.45) is 0. The molecule has 0 aromatic heterocycles. The van der Waals surface area contributed by atoms with Crippen molar-refractivity contribution in [3.05, 3.63) is 63.6 Å². The highest BCUT2D eigenvalue weighted by molar-refractivity contribution is 9.10. The van der Waals surface area contributed by atoms with E-state index < -0.39 is 5.97 Å². The molecule has 2 aromatic rings. The topological polar surface area (TPSA) is 52.6 Å². The number of carbonyl (C=O) groups excluding carboxylic acids is 2. The highest BCUT2D eigenvalue weighted by Gasteiger charge is 2.20. The quantitative estimate of drug-likeness (QED) is 0.595. The molecule has 0 unspecified atom stereocenters. The highest BCUT2D eigenvalue weighted by Crippen LogP contribution is 2.29. The molecule has 2 aromatic carbocycles. The number of benzene rings is 2. The largest absolute Gasteiger partial charge is 0.489 e. The Kier molecular flexibility index (Phi) is 5.33. The van der Waals surface area contributed by atoms with E-state index in [0.717, 1.165) is 5.56 Å². The lowest BCUT2D eigenvalue weighted by Gasteiger charge is -2.12. The molecule has 5 heteroatoms. The van der Waals surface area contributed by atoms with Crippen molar-refractivity contribution in [3.8, 4) is 5.75 Å². The van der Waals surface area contributed by atoms with Gasteiger partial charge in [-0.2, -0.15) is 0 Å². The lowest BCUT2D eigenvalue weighted by molar-refractivity contribution is 0.0596. The summed E-state index contributed by atoms with van der Waals surface area (Å²) in [7, 11) is 1.28. The van der Waals surface area contributed by atoms with E-state index in [-0.39, 0.29) is 11.3 Å². The second-order valence-corrected chi connectivity index (χ2v) is 5.50. The molecular formula is C17H15BrO4. The van der Waals surface area contributed by atoms with E-state index in [9.17, 15) is 9.59 Å². The van der Waals surface area contributed by atoms with E-state index in [2.05, 4.69) is 15.9 Å². The number of halogens is 1. The molecule has 0 atom stereocenters. The normalized spacial score (nSPS) is 10.1. The molecule has 0 heterocycles. The summed E-state index contributed by atoms with van der Waals surface area (Å²) in [4.78, 5) is 23.6. The Balaban J connectivity index is 2.31. The van der Waals surface area contributed by atoms with Crippen molar-refractivity contribution >= 4 is 27.7 Å². The van der Waals surface area contributed by atoms with Crippen LogP contribution >= 0.6 is 15.9 Å². The average Bonchev–Trinajstić information content (AvgIpc) is 2.52. The van der Waals surface area contributed by atoms with E-state index in [1.165, 1.54) is 20.1 Å². The second kappa shape index (κ2) is 7.22. The van der Waals surface area contributed by atoms with Gasteiger partial charge in [0.05, 0.1) is 12.7 Å². The molecule has 0 amide bonds. The van der Waals surface area contributed by atoms with E-state index in [0.29, 0.717) is 22.4 Å². The SMILES string of the molecule is COC(=O)c1cc(OCc2ccccc2)cc(Br)c1C(C)=O. The van der Waals surface area contributed by atoms with Gasteiger partial charge in [-0.15, -0.1) is 0 Å². The lowest BCUT2D eigenvalue weighted by atomic mass is 10.0. The summed E-state index contributed by atoms with van der Waals surface area (Å²) >= 11 is 3.31. The van der Waals surface area contributed by atoms with Crippen LogP contribution in [0.25, 0.3) is 0 Å². The van der Waals surface area contributed by atoms with Crippen LogP contribution in [0.15, 0.2) is 46.9 Å². The van der Waals surface area contributed by atoms with Gasteiger partial charge in [0.15, 0.2) is 5.78 Å². The van der Waals surface area contributed by atoms with Gasteiger partial charge in [-0.25, -0.2) is 4.79 Å². The standard InChI is InChI=1S/C17H15BrO4/c1-11(19)16-14(17(20)21-2)8-13(9-15(16)18)22-10-12-6-4-3-5-7-12/h3-9H,10H2,1-2H3. The molecule has 0 aliphatic rings. The average molecular weight is 363 g/mol. The molecule has 0 spiro atoms. The minimum Gasteiger partial charge on any atom is -0.489 e. The maximum atomic E-state index is 11.9. The van der Waals surface area contributed by atoms with Crippen molar-refractivity contribution in [2.75, 3.05) is 7.11 Å². The van der Waals surface area contributed by atoms with Crippen LogP contribution in [0.1, 0.15) is 33.2 Å². The van der Waals surface area contributed by atoms with E-state index in [1.54, 1.807) is 6.07 Å². The van der Waals surface area contributed by atoms with Gasteiger partial charge in [-0.1, -0.05) is 30.3 Å². The van der Waals surface area contributed by atoms with E-state index in [4.69, 9.17) is 9.47 Å². The van der Waals surface area contributed by atoms with Crippen LogP contribution in [0.5, 0.6) is 5.75 Å². The monoisotopic (exact) mass is 362 g/mol. The first-order valence-corrected chi connectivity index (χ1v) is 7.41. The number of hydrogen-bond donors (Lipinski definition) is 0. The molecule has 0 bridgehead atoms. The zero-order valence-corrected chi connectivity index (χ0v) is 13.8. The number of ether oxygens (including phenoxy) is 2. The van der Waals surface area contributed by atoms with Crippen molar-refractivity contribution in [2.24, 2.45) is 0 Å². The van der Waals surface area contributed by atoms with Gasteiger partial charge in [-0.3, -0.25) is 4.79 Å². The number of ketones is 1. The van der Waals surface area contributed by atoms with Gasteiger partial charge in [0.1, 0.15) is 12.4 Å². The molecule has 0 fully saturated rings. The summed E-state index contributed by atoms with van der Waals surface area (Å²) < 4.78 is 10.9. The first-order valence-electron chi connectivity index (χ1n) is 6.62. The Morgan fingerprint density at radius 3 is 2.41 bits per heavy atom. The number of Topliss-reactive ketones (excluding diaryl/α,β-unsaturated/α-hetero) is 1. The van der Waals surface area contributed by atoms with Crippen molar-refractivity contribution in [1.82, 2.24) is 0 Å². The van der Waals surface area contributed by atoms with Crippen LogP contribution in [0, 0.1) is 0 Å². The first kappa shape index (κ1) is 16.2. The highest BCUT2D eigenvalue weighted by atomic mass is 79.9. The van der Waals surface area contributed by atoms with Gasteiger partial charge in [0, 0.05) is 10.0 Å². The van der Waals surface area contributed by atoms with Gasteiger partial charge >= 0.3 is 5.97 Å². The Labute approximate surface area is 137 Å². The third-order valence-corrected chi connectivity index (χ3v) is 3.69. The van der Waals surface area contributed by atoms with Crippen LogP contribution in [0.4, 0.5) is 0 Å². The van der Waals surface area contributed by atoms with E-state index in [1.807, 2.05) is 30.3 Å². The van der Waals surface area contributed by atoms with Crippen LogP contribution in [-0.4, -0.2) is 18.9 Å². The van der Waals surface area contributed by atoms with Gasteiger partial charge in [0.25, 0.3) is 0 Å². The number of hydrogen-bond acceptors (Lipinski definition) is 4. The smallest absolute Gasteiger partial charge is 0.338 e. The van der Waals surface area contributed by atoms with Crippen molar-refractivity contribution in [3.63, 3.8) is 0 Å². The summed E-state index contributed by atoms with van der Waals surface area (Å²) in [5.41, 5.74) is 1.49. The molecule has 2 rings (SSSR count). The Hall–Kier alpha value is -2.14. The fraction of sp³-hybridized carbons (Fsp3) is 0.176. The maximum Gasteiger partial charge on any atom is 0.338 e. The van der Waals surface area contributed by atoms with Crippen molar-refractivity contribution < 1.29 is 19.1 Å². The lowest BCUT2D eigenvalue weighted by Crippen LogP contribution is -2.10. The Morgan fingerprint density at radius 2 is 1.82 bits per heavy atom. The molecule has 114 valence electrons. The fourth-order valence-electron chi connectivity index (χ4n) is 2.03. The zero-order valence-electron chi connectivity index (χ0n) is 12.3. The van der Waals surface area contributed by atoms with Crippen LogP contribution < -0.4 is 4.74 Å². The number of rotatable bonds is 5. The predicted octanol–water partition coefficient (Wildman–Crippen LogP) is 4.02. The third kappa shape index (κ3) is 3.74. The van der Waals surface area contributed by atoms with Crippen LogP contribution in [0.2, 0.25) is 0 Å². The second-order valence-electron chi connectivity index (χ2n) is 4.65. The third-order valence-electron chi connectivity index (χ3n) is 3.07. The first-order chi connectivity index (χ1) is 10.5. The predicted molar refractivity (Wildman–Crippen MR) is 86.3 cm³/mol. The van der Waals surface area contributed by atoms with Crippen LogP contribution in [-0.2, 0) is 11.3 Å². The molecule has 0 aliphatic carbocycles. The molecule has 0 saturated heterocycles. The Bertz CT molecular complexity index is 695. The molecule has 0 aliphatic heterocycles. The van der Waals surface area contributed by atoms with Gasteiger partial charge in [0.2, 0.25) is 0 Å². The molecule has 4 nitrogen and oxygen atoms in total. The molecule has 0 saturated carbocycles. The summed E-state index contributed by atoms with van der Waals surface area (Å²) in [5.74, 6) is -0.306. The summed E-state index contributed by atoms with van der Waals surface area (Å²) in [6, 6.07) is 12.9.